The first kappa shape index (κ1) is 9.91. The summed E-state index contributed by atoms with van der Waals surface area (Å²) in [6.45, 7) is 2.16. The van der Waals surface area contributed by atoms with E-state index in [2.05, 4.69) is 67.2 Å². The molecule has 0 aliphatic heterocycles. The largest absolute Gasteiger partial charge is 0.205 e. The van der Waals surface area contributed by atoms with Crippen molar-refractivity contribution in [2.75, 3.05) is 0 Å². The summed E-state index contributed by atoms with van der Waals surface area (Å²) in [5, 5.41) is 0. The van der Waals surface area contributed by atoms with Gasteiger partial charge < -0.3 is 0 Å². The van der Waals surface area contributed by atoms with Gasteiger partial charge in [0, 0.05) is 11.6 Å². The van der Waals surface area contributed by atoms with Crippen LogP contribution >= 0.6 is 0 Å². The predicted octanol–water partition coefficient (Wildman–Crippen LogP) is 2.41. The zero-order valence-corrected chi connectivity index (χ0v) is 9.27. The Morgan fingerprint density at radius 2 is 1.73 bits per heavy atom. The third-order valence-corrected chi connectivity index (χ3v) is 2.75. The van der Waals surface area contributed by atoms with Crippen LogP contribution in [-0.2, 0) is 13.5 Å². The van der Waals surface area contributed by atoms with Crippen molar-refractivity contribution < 1.29 is 4.57 Å². The molecule has 0 aliphatic rings. The molecule has 1 nitrogen and oxygen atoms in total. The molecule has 0 fully saturated rings. The van der Waals surface area contributed by atoms with E-state index in [9.17, 15) is 0 Å². The fraction of sp³-hybridized carbons (Fsp3) is 0.214. The van der Waals surface area contributed by atoms with E-state index in [1.165, 1.54) is 16.8 Å². The van der Waals surface area contributed by atoms with E-state index in [-0.39, 0.29) is 0 Å². The summed E-state index contributed by atoms with van der Waals surface area (Å²) in [4.78, 5) is 0. The Balaban J connectivity index is 2.32. The fourth-order valence-electron chi connectivity index (χ4n) is 1.83. The molecule has 0 saturated carbocycles. The van der Waals surface area contributed by atoms with Crippen LogP contribution in [-0.4, -0.2) is 0 Å². The van der Waals surface area contributed by atoms with Crippen molar-refractivity contribution in [1.29, 1.82) is 0 Å². The Morgan fingerprint density at radius 3 is 2.40 bits per heavy atom. The van der Waals surface area contributed by atoms with Crippen molar-refractivity contribution in [2.24, 2.45) is 7.05 Å². The molecule has 0 aliphatic carbocycles. The van der Waals surface area contributed by atoms with Crippen LogP contribution in [0.3, 0.4) is 0 Å². The van der Waals surface area contributed by atoms with Crippen molar-refractivity contribution in [1.82, 2.24) is 0 Å². The zero-order chi connectivity index (χ0) is 10.7. The molecule has 0 spiro atoms. The number of hydrogen-bond acceptors (Lipinski definition) is 0. The lowest BCUT2D eigenvalue weighted by atomic mass is 10.1. The molecule has 0 bridgehead atoms. The standard InChI is InChI=1S/C14H16N/c1-12-7-6-10-15(2)14(12)11-13-8-4-3-5-9-13/h3-10H,11H2,1-2H3/q+1. The van der Waals surface area contributed by atoms with Crippen molar-refractivity contribution in [3.63, 3.8) is 0 Å². The summed E-state index contributed by atoms with van der Waals surface area (Å²) in [7, 11) is 2.10. The second-order valence-corrected chi connectivity index (χ2v) is 3.91. The minimum atomic E-state index is 1.00. The summed E-state index contributed by atoms with van der Waals surface area (Å²) < 4.78 is 2.20. The summed E-state index contributed by atoms with van der Waals surface area (Å²) in [6.07, 6.45) is 3.11. The minimum absolute atomic E-state index is 1.00. The Morgan fingerprint density at radius 1 is 1.00 bits per heavy atom. The quantitative estimate of drug-likeness (QED) is 0.652. The van der Waals surface area contributed by atoms with Crippen molar-refractivity contribution >= 4 is 0 Å². The van der Waals surface area contributed by atoms with Crippen LogP contribution in [0.4, 0.5) is 0 Å². The Kier molecular flexibility index (Phi) is 2.82. The van der Waals surface area contributed by atoms with Gasteiger partial charge >= 0.3 is 0 Å². The Labute approximate surface area is 91.0 Å². The highest BCUT2D eigenvalue weighted by Crippen LogP contribution is 2.08. The second kappa shape index (κ2) is 4.26. The monoisotopic (exact) mass is 198 g/mol. The average molecular weight is 198 g/mol. The maximum atomic E-state index is 2.20. The van der Waals surface area contributed by atoms with E-state index in [0.29, 0.717) is 0 Å². The summed E-state index contributed by atoms with van der Waals surface area (Å²) in [5.41, 5.74) is 4.09. The van der Waals surface area contributed by atoms with Crippen LogP contribution in [0.2, 0.25) is 0 Å². The Hall–Kier alpha value is -1.63. The highest BCUT2D eigenvalue weighted by Gasteiger charge is 2.09. The lowest BCUT2D eigenvalue weighted by molar-refractivity contribution is -0.679. The normalized spacial score (nSPS) is 10.3. The van der Waals surface area contributed by atoms with Crippen LogP contribution in [0.1, 0.15) is 16.8 Å². The molecule has 0 saturated heterocycles. The van der Waals surface area contributed by atoms with E-state index >= 15 is 0 Å². The van der Waals surface area contributed by atoms with Crippen molar-refractivity contribution in [3.05, 3.63) is 65.5 Å². The van der Waals surface area contributed by atoms with Gasteiger partial charge in [-0.05, 0) is 18.6 Å². The van der Waals surface area contributed by atoms with Gasteiger partial charge in [0.2, 0.25) is 0 Å². The molecule has 1 heteroatoms. The van der Waals surface area contributed by atoms with Gasteiger partial charge in [-0.3, -0.25) is 0 Å². The predicted molar refractivity (Wildman–Crippen MR) is 61.6 cm³/mol. The zero-order valence-electron chi connectivity index (χ0n) is 9.27. The van der Waals surface area contributed by atoms with Crippen LogP contribution < -0.4 is 4.57 Å². The lowest BCUT2D eigenvalue weighted by Crippen LogP contribution is -2.34. The van der Waals surface area contributed by atoms with Gasteiger partial charge in [0.05, 0.1) is 6.42 Å². The third kappa shape index (κ3) is 2.24. The van der Waals surface area contributed by atoms with E-state index in [1.54, 1.807) is 0 Å². The van der Waals surface area contributed by atoms with Crippen molar-refractivity contribution in [3.8, 4) is 0 Å². The van der Waals surface area contributed by atoms with Crippen LogP contribution in [0, 0.1) is 6.92 Å². The van der Waals surface area contributed by atoms with Crippen LogP contribution in [0.15, 0.2) is 48.7 Å². The number of nitrogens with zero attached hydrogens (tertiary/aromatic N) is 1. The van der Waals surface area contributed by atoms with Gasteiger partial charge in [-0.15, -0.1) is 0 Å². The topological polar surface area (TPSA) is 3.88 Å². The number of aryl methyl sites for hydroxylation is 2. The summed E-state index contributed by atoms with van der Waals surface area (Å²) >= 11 is 0. The molecule has 0 atom stereocenters. The third-order valence-electron chi connectivity index (χ3n) is 2.75. The average Bonchev–Trinajstić information content (AvgIpc) is 2.25. The number of hydrogen-bond donors (Lipinski definition) is 0. The molecule has 1 aromatic heterocycles. The number of benzene rings is 1. The first-order valence-electron chi connectivity index (χ1n) is 5.25. The highest BCUT2D eigenvalue weighted by molar-refractivity contribution is 5.23. The van der Waals surface area contributed by atoms with E-state index < -0.39 is 0 Å². The number of rotatable bonds is 2. The SMILES string of the molecule is Cc1ccc[n+](C)c1Cc1ccccc1. The second-order valence-electron chi connectivity index (χ2n) is 3.91. The van der Waals surface area contributed by atoms with Crippen molar-refractivity contribution in [2.45, 2.75) is 13.3 Å². The number of aromatic nitrogens is 1. The molecule has 1 heterocycles. The summed E-state index contributed by atoms with van der Waals surface area (Å²) in [5.74, 6) is 0. The van der Waals surface area contributed by atoms with Gasteiger partial charge in [0.1, 0.15) is 7.05 Å². The van der Waals surface area contributed by atoms with E-state index in [4.69, 9.17) is 0 Å². The Bertz CT molecular complexity index is 426. The van der Waals surface area contributed by atoms with Gasteiger partial charge in [-0.2, -0.15) is 0 Å². The molecule has 0 amide bonds. The molecule has 0 radical (unpaired) electrons. The summed E-state index contributed by atoms with van der Waals surface area (Å²) in [6, 6.07) is 14.8. The van der Waals surface area contributed by atoms with Gasteiger partial charge in [-0.25, -0.2) is 4.57 Å². The van der Waals surface area contributed by atoms with Gasteiger partial charge in [0.25, 0.3) is 0 Å². The first-order chi connectivity index (χ1) is 7.27. The molecule has 2 rings (SSSR count). The molecule has 1 aromatic carbocycles. The molecule has 15 heavy (non-hydrogen) atoms. The maximum Gasteiger partial charge on any atom is 0.188 e. The molecular weight excluding hydrogens is 182 g/mol. The van der Waals surface area contributed by atoms with Gasteiger partial charge in [0.15, 0.2) is 11.9 Å². The maximum absolute atomic E-state index is 2.20. The highest BCUT2D eigenvalue weighted by atomic mass is 14.9. The smallest absolute Gasteiger partial charge is 0.188 e. The van der Waals surface area contributed by atoms with Gasteiger partial charge in [-0.1, -0.05) is 30.3 Å². The fourth-order valence-corrected chi connectivity index (χ4v) is 1.83. The lowest BCUT2D eigenvalue weighted by Gasteiger charge is -2.03. The van der Waals surface area contributed by atoms with Crippen LogP contribution in [0.25, 0.3) is 0 Å². The molecule has 2 aromatic rings. The molecule has 76 valence electrons. The first-order valence-corrected chi connectivity index (χ1v) is 5.25. The molecule has 0 unspecified atom stereocenters. The van der Waals surface area contributed by atoms with Crippen LogP contribution in [0.5, 0.6) is 0 Å². The minimum Gasteiger partial charge on any atom is -0.205 e. The number of pyridine rings is 1. The van der Waals surface area contributed by atoms with E-state index in [0.717, 1.165) is 6.42 Å². The molecular formula is C14H16N+. The van der Waals surface area contributed by atoms with E-state index in [1.807, 2.05) is 0 Å². The molecule has 0 N–H and O–H groups in total.